The van der Waals surface area contributed by atoms with Crippen LogP contribution in [0.1, 0.15) is 5.56 Å². The predicted octanol–water partition coefficient (Wildman–Crippen LogP) is 3.31. The van der Waals surface area contributed by atoms with Crippen molar-refractivity contribution in [2.75, 3.05) is 12.5 Å². The second-order valence-electron chi connectivity index (χ2n) is 2.82. The predicted molar refractivity (Wildman–Crippen MR) is 56.5 cm³/mol. The maximum absolute atomic E-state index is 13.3. The second-order valence-corrected chi connectivity index (χ2v) is 3.13. The monoisotopic (exact) mass is 214 g/mol. The minimum absolute atomic E-state index is 0.282. The zero-order chi connectivity index (χ0) is 10.4. The molecule has 1 aromatic carbocycles. The number of aryl methyl sites for hydroxylation is 1. The van der Waals surface area contributed by atoms with E-state index in [2.05, 4.69) is 0 Å². The van der Waals surface area contributed by atoms with Crippen molar-refractivity contribution in [3.8, 4) is 5.75 Å². The largest absolute Gasteiger partial charge is 0.486 e. The molecule has 3 heteroatoms. The van der Waals surface area contributed by atoms with Gasteiger partial charge in [-0.05, 0) is 18.6 Å². The molecule has 0 spiro atoms. The Balaban J connectivity index is 2.59. The lowest BCUT2D eigenvalue weighted by Crippen LogP contribution is -1.97. The lowest BCUT2D eigenvalue weighted by atomic mass is 10.2. The van der Waals surface area contributed by atoms with Crippen molar-refractivity contribution in [2.24, 2.45) is 0 Å². The Morgan fingerprint density at radius 1 is 1.43 bits per heavy atom. The minimum atomic E-state index is -0.299. The smallest absolute Gasteiger partial charge is 0.167 e. The van der Waals surface area contributed by atoms with Crippen molar-refractivity contribution in [2.45, 2.75) is 6.92 Å². The molecule has 0 aromatic heterocycles. The Kier molecular flexibility index (Phi) is 4.47. The zero-order valence-corrected chi connectivity index (χ0v) is 8.72. The van der Waals surface area contributed by atoms with Gasteiger partial charge in [0.15, 0.2) is 11.6 Å². The highest BCUT2D eigenvalue weighted by atomic mass is 35.5. The van der Waals surface area contributed by atoms with E-state index in [9.17, 15) is 4.39 Å². The molecule has 0 radical (unpaired) electrons. The number of ether oxygens (including phenoxy) is 1. The summed E-state index contributed by atoms with van der Waals surface area (Å²) in [6.45, 7) is 2.05. The van der Waals surface area contributed by atoms with Gasteiger partial charge in [-0.15, -0.1) is 11.6 Å². The molecule has 0 saturated heterocycles. The topological polar surface area (TPSA) is 9.23 Å². The van der Waals surface area contributed by atoms with Crippen LogP contribution in [0.5, 0.6) is 5.75 Å². The standard InChI is InChI=1S/C11H12ClFO/c1-9-5-4-6-10(11(9)13)14-8-3-2-7-12/h2-6H,7-8H2,1H3/b3-2+. The summed E-state index contributed by atoms with van der Waals surface area (Å²) in [4.78, 5) is 0. The summed E-state index contributed by atoms with van der Waals surface area (Å²) >= 11 is 5.42. The molecular weight excluding hydrogens is 203 g/mol. The maximum atomic E-state index is 13.3. The molecule has 0 bridgehead atoms. The van der Waals surface area contributed by atoms with E-state index in [1.165, 1.54) is 0 Å². The van der Waals surface area contributed by atoms with Gasteiger partial charge in [-0.2, -0.15) is 0 Å². The number of benzene rings is 1. The first-order valence-corrected chi connectivity index (χ1v) is 4.88. The van der Waals surface area contributed by atoms with E-state index in [-0.39, 0.29) is 11.6 Å². The molecule has 14 heavy (non-hydrogen) atoms. The molecule has 1 aromatic rings. The maximum Gasteiger partial charge on any atom is 0.167 e. The Morgan fingerprint density at radius 3 is 2.93 bits per heavy atom. The summed E-state index contributed by atoms with van der Waals surface area (Å²) in [7, 11) is 0. The first kappa shape index (κ1) is 11.1. The van der Waals surface area contributed by atoms with Crippen molar-refractivity contribution in [1.82, 2.24) is 0 Å². The molecule has 0 amide bonds. The summed E-state index contributed by atoms with van der Waals surface area (Å²) < 4.78 is 18.5. The average molecular weight is 215 g/mol. The highest BCUT2D eigenvalue weighted by Gasteiger charge is 2.03. The van der Waals surface area contributed by atoms with Crippen LogP contribution in [0.4, 0.5) is 4.39 Å². The molecular formula is C11H12ClFO. The van der Waals surface area contributed by atoms with Gasteiger partial charge < -0.3 is 4.74 Å². The van der Waals surface area contributed by atoms with Crippen LogP contribution in [-0.4, -0.2) is 12.5 Å². The fourth-order valence-electron chi connectivity index (χ4n) is 1.00. The molecule has 0 heterocycles. The van der Waals surface area contributed by atoms with Gasteiger partial charge in [-0.25, -0.2) is 4.39 Å². The molecule has 1 rings (SSSR count). The van der Waals surface area contributed by atoms with E-state index in [1.807, 2.05) is 0 Å². The molecule has 76 valence electrons. The fraction of sp³-hybridized carbons (Fsp3) is 0.273. The summed E-state index contributed by atoms with van der Waals surface area (Å²) in [6.07, 6.45) is 3.52. The number of rotatable bonds is 4. The third-order valence-electron chi connectivity index (χ3n) is 1.75. The van der Waals surface area contributed by atoms with E-state index in [0.717, 1.165) is 0 Å². The first-order valence-electron chi connectivity index (χ1n) is 4.34. The van der Waals surface area contributed by atoms with Crippen LogP contribution in [0.3, 0.4) is 0 Å². The van der Waals surface area contributed by atoms with Gasteiger partial charge in [0.1, 0.15) is 6.61 Å². The van der Waals surface area contributed by atoms with Crippen LogP contribution in [0.25, 0.3) is 0 Å². The van der Waals surface area contributed by atoms with Gasteiger partial charge >= 0.3 is 0 Å². The van der Waals surface area contributed by atoms with E-state index >= 15 is 0 Å². The van der Waals surface area contributed by atoms with Crippen molar-refractivity contribution < 1.29 is 9.13 Å². The van der Waals surface area contributed by atoms with Crippen molar-refractivity contribution >= 4 is 11.6 Å². The lowest BCUT2D eigenvalue weighted by molar-refractivity contribution is 0.340. The third-order valence-corrected chi connectivity index (χ3v) is 1.93. The minimum Gasteiger partial charge on any atom is -0.486 e. The normalized spacial score (nSPS) is 10.8. The molecule has 0 aliphatic rings. The Labute approximate surface area is 88.1 Å². The van der Waals surface area contributed by atoms with E-state index < -0.39 is 0 Å². The fourth-order valence-corrected chi connectivity index (χ4v) is 1.13. The first-order chi connectivity index (χ1) is 6.75. The number of allylic oxidation sites excluding steroid dienone is 1. The van der Waals surface area contributed by atoms with Crippen LogP contribution in [-0.2, 0) is 0 Å². The van der Waals surface area contributed by atoms with Gasteiger partial charge in [0.25, 0.3) is 0 Å². The number of hydrogen-bond acceptors (Lipinski definition) is 1. The quantitative estimate of drug-likeness (QED) is 0.552. The van der Waals surface area contributed by atoms with Gasteiger partial charge in [-0.3, -0.25) is 0 Å². The van der Waals surface area contributed by atoms with Crippen LogP contribution in [0, 0.1) is 12.7 Å². The number of halogens is 2. The van der Waals surface area contributed by atoms with Gasteiger partial charge in [0, 0.05) is 5.88 Å². The third kappa shape index (κ3) is 3.04. The Hall–Kier alpha value is -1.02. The number of alkyl halides is 1. The van der Waals surface area contributed by atoms with Gasteiger partial charge in [-0.1, -0.05) is 24.3 Å². The highest BCUT2D eigenvalue weighted by Crippen LogP contribution is 2.19. The second kappa shape index (κ2) is 5.66. The SMILES string of the molecule is Cc1cccc(OC/C=C/CCl)c1F. The molecule has 0 aliphatic carbocycles. The molecule has 1 nitrogen and oxygen atoms in total. The van der Waals surface area contributed by atoms with E-state index in [1.54, 1.807) is 37.3 Å². The van der Waals surface area contributed by atoms with Crippen molar-refractivity contribution in [3.63, 3.8) is 0 Å². The Morgan fingerprint density at radius 2 is 2.21 bits per heavy atom. The summed E-state index contributed by atoms with van der Waals surface area (Å²) in [5.74, 6) is 0.427. The van der Waals surface area contributed by atoms with Gasteiger partial charge in [0.05, 0.1) is 0 Å². The molecule has 0 saturated carbocycles. The van der Waals surface area contributed by atoms with Crippen LogP contribution in [0.15, 0.2) is 30.4 Å². The summed E-state index contributed by atoms with van der Waals surface area (Å²) in [5.41, 5.74) is 0.587. The van der Waals surface area contributed by atoms with Crippen molar-refractivity contribution in [1.29, 1.82) is 0 Å². The molecule has 0 N–H and O–H groups in total. The van der Waals surface area contributed by atoms with Crippen molar-refractivity contribution in [3.05, 3.63) is 41.7 Å². The van der Waals surface area contributed by atoms with E-state index in [4.69, 9.17) is 16.3 Å². The van der Waals surface area contributed by atoms with Crippen LogP contribution >= 0.6 is 11.6 Å². The molecule has 0 unspecified atom stereocenters. The number of hydrogen-bond donors (Lipinski definition) is 0. The Bertz CT molecular complexity index is 323. The summed E-state index contributed by atoms with van der Waals surface area (Å²) in [6, 6.07) is 5.08. The molecule has 0 atom stereocenters. The molecule has 0 fully saturated rings. The van der Waals surface area contributed by atoms with E-state index in [0.29, 0.717) is 18.1 Å². The van der Waals surface area contributed by atoms with Gasteiger partial charge in [0.2, 0.25) is 0 Å². The van der Waals surface area contributed by atoms with Crippen LogP contribution in [0.2, 0.25) is 0 Å². The zero-order valence-electron chi connectivity index (χ0n) is 7.97. The summed E-state index contributed by atoms with van der Waals surface area (Å²) in [5, 5.41) is 0. The lowest BCUT2D eigenvalue weighted by Gasteiger charge is -2.05. The highest BCUT2D eigenvalue weighted by molar-refractivity contribution is 6.18. The molecule has 0 aliphatic heterocycles. The van der Waals surface area contributed by atoms with Crippen LogP contribution < -0.4 is 4.74 Å². The average Bonchev–Trinajstić information content (AvgIpc) is 2.19.